The van der Waals surface area contributed by atoms with Crippen molar-refractivity contribution >= 4 is 0 Å². The fourth-order valence-corrected chi connectivity index (χ4v) is 2.25. The van der Waals surface area contributed by atoms with Gasteiger partial charge in [-0.15, -0.1) is 0 Å². The van der Waals surface area contributed by atoms with Gasteiger partial charge in [-0.1, -0.05) is 19.3 Å². The van der Waals surface area contributed by atoms with E-state index < -0.39 is 0 Å². The molecule has 0 radical (unpaired) electrons. The Labute approximate surface area is 85.5 Å². The van der Waals surface area contributed by atoms with E-state index in [-0.39, 0.29) is 5.54 Å². The number of hydrogen-bond donors (Lipinski definition) is 1. The Kier molecular flexibility index (Phi) is 2.55. The van der Waals surface area contributed by atoms with Gasteiger partial charge in [-0.2, -0.15) is 0 Å². The smallest absolute Gasteiger partial charge is 0.0605 e. The van der Waals surface area contributed by atoms with Gasteiger partial charge in [-0.3, -0.25) is 4.98 Å². The summed E-state index contributed by atoms with van der Waals surface area (Å²) in [6.07, 6.45) is 7.85. The molecule has 76 valence electrons. The van der Waals surface area contributed by atoms with Crippen molar-refractivity contribution in [3.63, 3.8) is 0 Å². The predicted molar refractivity (Wildman–Crippen MR) is 57.9 cm³/mol. The van der Waals surface area contributed by atoms with E-state index in [2.05, 4.69) is 18.0 Å². The third-order valence-corrected chi connectivity index (χ3v) is 3.17. The first-order valence-corrected chi connectivity index (χ1v) is 5.43. The lowest BCUT2D eigenvalue weighted by Gasteiger charge is -2.32. The molecule has 0 bridgehead atoms. The lowest BCUT2D eigenvalue weighted by molar-refractivity contribution is 0.295. The van der Waals surface area contributed by atoms with Crippen molar-refractivity contribution in [3.05, 3.63) is 29.6 Å². The Morgan fingerprint density at radius 2 is 2.00 bits per heavy atom. The Morgan fingerprint density at radius 1 is 1.29 bits per heavy atom. The minimum atomic E-state index is -0.149. The summed E-state index contributed by atoms with van der Waals surface area (Å²) in [5.41, 5.74) is 8.57. The second-order valence-corrected chi connectivity index (χ2v) is 4.44. The fraction of sp³-hybridized carbons (Fsp3) is 0.583. The molecule has 2 heteroatoms. The average molecular weight is 190 g/mol. The topological polar surface area (TPSA) is 38.9 Å². The van der Waals surface area contributed by atoms with Crippen LogP contribution in [0.2, 0.25) is 0 Å². The first-order chi connectivity index (χ1) is 6.71. The molecular weight excluding hydrogens is 172 g/mol. The second kappa shape index (κ2) is 3.70. The largest absolute Gasteiger partial charge is 0.320 e. The number of aryl methyl sites for hydroxylation is 1. The van der Waals surface area contributed by atoms with Gasteiger partial charge in [0.1, 0.15) is 0 Å². The maximum Gasteiger partial charge on any atom is 0.0605 e. The standard InChI is InChI=1S/C12H18N2/c1-10-5-8-14-11(9-10)12(13)6-3-2-4-7-12/h5,8-9H,2-4,6-7,13H2,1H3. The first kappa shape index (κ1) is 9.66. The minimum Gasteiger partial charge on any atom is -0.320 e. The molecule has 1 saturated carbocycles. The molecule has 2 rings (SSSR count). The van der Waals surface area contributed by atoms with Crippen LogP contribution in [0, 0.1) is 6.92 Å². The summed E-state index contributed by atoms with van der Waals surface area (Å²) in [7, 11) is 0. The summed E-state index contributed by atoms with van der Waals surface area (Å²) in [6.45, 7) is 2.09. The molecule has 1 aliphatic carbocycles. The minimum absolute atomic E-state index is 0.149. The van der Waals surface area contributed by atoms with E-state index >= 15 is 0 Å². The number of hydrogen-bond acceptors (Lipinski definition) is 2. The van der Waals surface area contributed by atoms with Gasteiger partial charge in [-0.05, 0) is 37.5 Å². The summed E-state index contributed by atoms with van der Waals surface area (Å²) >= 11 is 0. The van der Waals surface area contributed by atoms with Crippen molar-refractivity contribution in [2.75, 3.05) is 0 Å². The van der Waals surface area contributed by atoms with Gasteiger partial charge in [-0.25, -0.2) is 0 Å². The van der Waals surface area contributed by atoms with E-state index in [0.717, 1.165) is 18.5 Å². The normalized spacial score (nSPS) is 20.7. The molecule has 1 aromatic heterocycles. The van der Waals surface area contributed by atoms with Crippen molar-refractivity contribution in [3.8, 4) is 0 Å². The zero-order valence-corrected chi connectivity index (χ0v) is 8.79. The van der Waals surface area contributed by atoms with Crippen LogP contribution >= 0.6 is 0 Å². The highest BCUT2D eigenvalue weighted by atomic mass is 14.8. The second-order valence-electron chi connectivity index (χ2n) is 4.44. The highest BCUT2D eigenvalue weighted by Gasteiger charge is 2.30. The first-order valence-electron chi connectivity index (χ1n) is 5.43. The molecule has 0 aromatic carbocycles. The zero-order chi connectivity index (χ0) is 10.0. The van der Waals surface area contributed by atoms with Crippen LogP contribution < -0.4 is 5.73 Å². The molecule has 1 heterocycles. The van der Waals surface area contributed by atoms with E-state index in [1.165, 1.54) is 24.8 Å². The van der Waals surface area contributed by atoms with E-state index in [4.69, 9.17) is 5.73 Å². The third kappa shape index (κ3) is 1.80. The fourth-order valence-electron chi connectivity index (χ4n) is 2.25. The van der Waals surface area contributed by atoms with Gasteiger partial charge in [0.15, 0.2) is 0 Å². The van der Waals surface area contributed by atoms with Crippen LogP contribution in [0.3, 0.4) is 0 Å². The van der Waals surface area contributed by atoms with Crippen LogP contribution in [0.4, 0.5) is 0 Å². The maximum atomic E-state index is 6.39. The van der Waals surface area contributed by atoms with Gasteiger partial charge in [0, 0.05) is 6.20 Å². The van der Waals surface area contributed by atoms with Crippen LogP contribution in [0.1, 0.15) is 43.4 Å². The SMILES string of the molecule is Cc1ccnc(C2(N)CCCCC2)c1. The monoisotopic (exact) mass is 190 g/mol. The maximum absolute atomic E-state index is 6.39. The molecule has 14 heavy (non-hydrogen) atoms. The van der Waals surface area contributed by atoms with Crippen LogP contribution in [0.25, 0.3) is 0 Å². The Bertz CT molecular complexity index is 314. The third-order valence-electron chi connectivity index (χ3n) is 3.17. The summed E-state index contributed by atoms with van der Waals surface area (Å²) in [5, 5.41) is 0. The Hall–Kier alpha value is -0.890. The molecular formula is C12H18N2. The van der Waals surface area contributed by atoms with E-state index in [1.807, 2.05) is 12.3 Å². The molecule has 1 aliphatic rings. The number of nitrogens with two attached hydrogens (primary N) is 1. The van der Waals surface area contributed by atoms with Crippen molar-refractivity contribution in [2.24, 2.45) is 5.73 Å². The molecule has 0 spiro atoms. The van der Waals surface area contributed by atoms with Gasteiger partial charge in [0.2, 0.25) is 0 Å². The zero-order valence-electron chi connectivity index (χ0n) is 8.79. The van der Waals surface area contributed by atoms with Crippen molar-refractivity contribution in [2.45, 2.75) is 44.6 Å². The van der Waals surface area contributed by atoms with Gasteiger partial charge in [0.05, 0.1) is 11.2 Å². The Morgan fingerprint density at radius 3 is 2.64 bits per heavy atom. The van der Waals surface area contributed by atoms with Gasteiger partial charge in [0.25, 0.3) is 0 Å². The number of nitrogens with zero attached hydrogens (tertiary/aromatic N) is 1. The lowest BCUT2D eigenvalue weighted by atomic mass is 9.80. The van der Waals surface area contributed by atoms with E-state index in [0.29, 0.717) is 0 Å². The molecule has 0 saturated heterocycles. The summed E-state index contributed by atoms with van der Waals surface area (Å²) in [5.74, 6) is 0. The molecule has 0 atom stereocenters. The van der Waals surface area contributed by atoms with Crippen LogP contribution in [0.5, 0.6) is 0 Å². The Balaban J connectivity index is 2.28. The molecule has 2 N–H and O–H groups in total. The van der Waals surface area contributed by atoms with E-state index in [9.17, 15) is 0 Å². The average Bonchev–Trinajstić information content (AvgIpc) is 2.19. The predicted octanol–water partition coefficient (Wildman–Crippen LogP) is 2.51. The van der Waals surface area contributed by atoms with Crippen LogP contribution in [-0.4, -0.2) is 4.98 Å². The molecule has 0 amide bonds. The lowest BCUT2D eigenvalue weighted by Crippen LogP contribution is -2.39. The molecule has 0 unspecified atom stereocenters. The van der Waals surface area contributed by atoms with Gasteiger partial charge < -0.3 is 5.73 Å². The van der Waals surface area contributed by atoms with E-state index in [1.54, 1.807) is 0 Å². The highest BCUT2D eigenvalue weighted by Crippen LogP contribution is 2.33. The summed E-state index contributed by atoms with van der Waals surface area (Å²) < 4.78 is 0. The van der Waals surface area contributed by atoms with Crippen molar-refractivity contribution in [1.82, 2.24) is 4.98 Å². The van der Waals surface area contributed by atoms with Crippen molar-refractivity contribution in [1.29, 1.82) is 0 Å². The number of rotatable bonds is 1. The molecule has 2 nitrogen and oxygen atoms in total. The summed E-state index contributed by atoms with van der Waals surface area (Å²) in [6, 6.07) is 4.15. The van der Waals surface area contributed by atoms with Crippen LogP contribution in [0.15, 0.2) is 18.3 Å². The van der Waals surface area contributed by atoms with Crippen LogP contribution in [-0.2, 0) is 5.54 Å². The quantitative estimate of drug-likeness (QED) is 0.739. The number of pyridine rings is 1. The molecule has 1 fully saturated rings. The van der Waals surface area contributed by atoms with Gasteiger partial charge >= 0.3 is 0 Å². The summed E-state index contributed by atoms with van der Waals surface area (Å²) in [4.78, 5) is 4.41. The molecule has 1 aromatic rings. The highest BCUT2D eigenvalue weighted by molar-refractivity contribution is 5.21. The molecule has 0 aliphatic heterocycles. The number of aromatic nitrogens is 1. The van der Waals surface area contributed by atoms with Crippen molar-refractivity contribution < 1.29 is 0 Å².